The zero-order valence-electron chi connectivity index (χ0n) is 12.7. The van der Waals surface area contributed by atoms with Crippen molar-refractivity contribution in [1.82, 2.24) is 4.90 Å². The van der Waals surface area contributed by atoms with Gasteiger partial charge < -0.3 is 14.4 Å². The van der Waals surface area contributed by atoms with Crippen LogP contribution in [0.25, 0.3) is 6.08 Å². The van der Waals surface area contributed by atoms with E-state index >= 15 is 0 Å². The van der Waals surface area contributed by atoms with Crippen LogP contribution in [0.15, 0.2) is 23.6 Å². The largest absolute Gasteiger partial charge is 0.465 e. The molecule has 0 spiro atoms. The molecular formula is C16H21NO4S. The minimum atomic E-state index is -0.390. The van der Waals surface area contributed by atoms with E-state index in [2.05, 4.69) is 0 Å². The van der Waals surface area contributed by atoms with Crippen molar-refractivity contribution >= 4 is 29.3 Å². The molecule has 0 saturated carbocycles. The van der Waals surface area contributed by atoms with Gasteiger partial charge in [-0.25, -0.2) is 0 Å². The van der Waals surface area contributed by atoms with Crippen molar-refractivity contribution in [3.05, 3.63) is 28.5 Å². The third kappa shape index (κ3) is 5.27. The molecule has 22 heavy (non-hydrogen) atoms. The van der Waals surface area contributed by atoms with Crippen LogP contribution in [-0.2, 0) is 19.1 Å². The van der Waals surface area contributed by atoms with Crippen LogP contribution in [0, 0.1) is 0 Å². The molecule has 1 aromatic heterocycles. The predicted octanol–water partition coefficient (Wildman–Crippen LogP) is 2.33. The number of nitrogens with zero attached hydrogens (tertiary/aromatic N) is 1. The number of thiophene rings is 1. The zero-order valence-corrected chi connectivity index (χ0v) is 13.5. The Hall–Kier alpha value is -1.66. The van der Waals surface area contributed by atoms with Gasteiger partial charge in [-0.3, -0.25) is 9.59 Å². The first kappa shape index (κ1) is 16.7. The van der Waals surface area contributed by atoms with Gasteiger partial charge in [0.25, 0.3) is 0 Å². The Morgan fingerprint density at radius 1 is 1.55 bits per heavy atom. The fourth-order valence-electron chi connectivity index (χ4n) is 2.27. The van der Waals surface area contributed by atoms with Gasteiger partial charge in [0.1, 0.15) is 6.54 Å². The Morgan fingerprint density at radius 2 is 2.41 bits per heavy atom. The number of carbonyl (C=O) groups excluding carboxylic acids is 2. The molecule has 0 bridgehead atoms. The van der Waals surface area contributed by atoms with E-state index in [1.807, 2.05) is 17.5 Å². The van der Waals surface area contributed by atoms with E-state index in [-0.39, 0.29) is 18.6 Å². The van der Waals surface area contributed by atoms with Gasteiger partial charge in [-0.1, -0.05) is 6.07 Å². The number of carbonyl (C=O) groups is 2. The molecule has 1 aliphatic heterocycles. The highest BCUT2D eigenvalue weighted by atomic mass is 32.1. The van der Waals surface area contributed by atoms with Crippen LogP contribution >= 0.6 is 11.3 Å². The monoisotopic (exact) mass is 323 g/mol. The molecule has 0 N–H and O–H groups in total. The van der Waals surface area contributed by atoms with Crippen molar-refractivity contribution in [1.29, 1.82) is 0 Å². The van der Waals surface area contributed by atoms with E-state index in [1.165, 1.54) is 11.0 Å². The van der Waals surface area contributed by atoms with Crippen LogP contribution in [0.2, 0.25) is 0 Å². The molecule has 1 saturated heterocycles. The molecule has 1 aliphatic rings. The molecule has 0 aliphatic carbocycles. The number of amides is 1. The SMILES string of the molecule is CCOC(=O)CN(C[C@H]1CCCO1)C(=O)/C=C\c1cccs1. The fraction of sp³-hybridized carbons (Fsp3) is 0.500. The van der Waals surface area contributed by atoms with Gasteiger partial charge in [-0.15, -0.1) is 11.3 Å². The summed E-state index contributed by atoms with van der Waals surface area (Å²) in [7, 11) is 0. The fourth-order valence-corrected chi connectivity index (χ4v) is 2.89. The first-order valence-electron chi connectivity index (χ1n) is 7.46. The zero-order chi connectivity index (χ0) is 15.8. The van der Waals surface area contributed by atoms with Crippen LogP contribution in [0.4, 0.5) is 0 Å². The van der Waals surface area contributed by atoms with E-state index < -0.39 is 5.97 Å². The topological polar surface area (TPSA) is 55.8 Å². The molecule has 0 aromatic carbocycles. The first-order valence-corrected chi connectivity index (χ1v) is 8.34. The number of hydrogen-bond donors (Lipinski definition) is 0. The number of ether oxygens (including phenoxy) is 2. The molecule has 5 nitrogen and oxygen atoms in total. The molecular weight excluding hydrogens is 302 g/mol. The number of rotatable bonds is 7. The molecule has 1 amide bonds. The summed E-state index contributed by atoms with van der Waals surface area (Å²) in [5, 5.41) is 1.95. The number of hydrogen-bond acceptors (Lipinski definition) is 5. The summed E-state index contributed by atoms with van der Waals surface area (Å²) in [4.78, 5) is 26.5. The summed E-state index contributed by atoms with van der Waals surface area (Å²) >= 11 is 1.56. The first-order chi connectivity index (χ1) is 10.7. The van der Waals surface area contributed by atoms with Gasteiger partial charge in [0.2, 0.25) is 5.91 Å². The highest BCUT2D eigenvalue weighted by Crippen LogP contribution is 2.15. The molecule has 0 unspecified atom stereocenters. The third-order valence-corrected chi connectivity index (χ3v) is 4.16. The molecule has 1 aromatic rings. The summed E-state index contributed by atoms with van der Waals surface area (Å²) in [6.07, 6.45) is 5.19. The van der Waals surface area contributed by atoms with Crippen LogP contribution in [0.3, 0.4) is 0 Å². The maximum absolute atomic E-state index is 12.3. The molecule has 1 atom stereocenters. The lowest BCUT2D eigenvalue weighted by molar-refractivity contribution is -0.148. The van der Waals surface area contributed by atoms with E-state index in [0.717, 1.165) is 24.3 Å². The van der Waals surface area contributed by atoms with Crippen LogP contribution in [0.1, 0.15) is 24.6 Å². The van der Waals surface area contributed by atoms with Gasteiger partial charge in [0.15, 0.2) is 0 Å². The average molecular weight is 323 g/mol. The Kier molecular flexibility index (Phi) is 6.61. The molecule has 2 heterocycles. The van der Waals surface area contributed by atoms with Gasteiger partial charge >= 0.3 is 5.97 Å². The quantitative estimate of drug-likeness (QED) is 0.571. The Bertz CT molecular complexity index is 506. The van der Waals surface area contributed by atoms with Crippen molar-refractivity contribution in [3.8, 4) is 0 Å². The van der Waals surface area contributed by atoms with Crippen molar-refractivity contribution in [2.45, 2.75) is 25.9 Å². The maximum atomic E-state index is 12.3. The molecule has 6 heteroatoms. The highest BCUT2D eigenvalue weighted by Gasteiger charge is 2.23. The lowest BCUT2D eigenvalue weighted by atomic mass is 10.2. The predicted molar refractivity (Wildman–Crippen MR) is 85.5 cm³/mol. The van der Waals surface area contributed by atoms with Gasteiger partial charge in [0.05, 0.1) is 12.7 Å². The van der Waals surface area contributed by atoms with Crippen molar-refractivity contribution in [2.24, 2.45) is 0 Å². The number of esters is 1. The molecule has 0 radical (unpaired) electrons. The van der Waals surface area contributed by atoms with Crippen LogP contribution in [-0.4, -0.2) is 49.2 Å². The molecule has 120 valence electrons. The second kappa shape index (κ2) is 8.70. The second-order valence-corrected chi connectivity index (χ2v) is 5.99. The van der Waals surface area contributed by atoms with E-state index in [1.54, 1.807) is 24.3 Å². The molecule has 2 rings (SSSR count). The van der Waals surface area contributed by atoms with E-state index in [4.69, 9.17) is 9.47 Å². The Morgan fingerprint density at radius 3 is 3.05 bits per heavy atom. The summed E-state index contributed by atoms with van der Waals surface area (Å²) in [5.74, 6) is -0.588. The minimum Gasteiger partial charge on any atom is -0.465 e. The smallest absolute Gasteiger partial charge is 0.325 e. The summed E-state index contributed by atoms with van der Waals surface area (Å²) in [6.45, 7) is 3.16. The van der Waals surface area contributed by atoms with Crippen molar-refractivity contribution in [3.63, 3.8) is 0 Å². The summed E-state index contributed by atoms with van der Waals surface area (Å²) in [5.41, 5.74) is 0. The van der Waals surface area contributed by atoms with Crippen molar-refractivity contribution < 1.29 is 19.1 Å². The summed E-state index contributed by atoms with van der Waals surface area (Å²) < 4.78 is 10.5. The molecule has 1 fully saturated rings. The lowest BCUT2D eigenvalue weighted by Gasteiger charge is -2.23. The normalized spacial score (nSPS) is 17.8. The second-order valence-electron chi connectivity index (χ2n) is 5.01. The van der Waals surface area contributed by atoms with Gasteiger partial charge in [0, 0.05) is 24.1 Å². The minimum absolute atomic E-state index is 0.00788. The summed E-state index contributed by atoms with van der Waals surface area (Å²) in [6, 6.07) is 3.86. The van der Waals surface area contributed by atoms with E-state index in [0.29, 0.717) is 13.2 Å². The van der Waals surface area contributed by atoms with E-state index in [9.17, 15) is 9.59 Å². The Labute approximate surface area is 134 Å². The maximum Gasteiger partial charge on any atom is 0.325 e. The van der Waals surface area contributed by atoms with Crippen LogP contribution < -0.4 is 0 Å². The average Bonchev–Trinajstić information content (AvgIpc) is 3.17. The highest BCUT2D eigenvalue weighted by molar-refractivity contribution is 7.10. The third-order valence-electron chi connectivity index (χ3n) is 3.32. The lowest BCUT2D eigenvalue weighted by Crippen LogP contribution is -2.40. The standard InChI is InChI=1S/C16H21NO4S/c1-2-20-16(19)12-17(11-13-5-3-9-21-13)15(18)8-7-14-6-4-10-22-14/h4,6-8,10,13H,2-3,5,9,11-12H2,1H3/b8-7-/t13-/m1/s1. The van der Waals surface area contributed by atoms with Gasteiger partial charge in [-0.05, 0) is 37.3 Å². The van der Waals surface area contributed by atoms with Crippen molar-refractivity contribution in [2.75, 3.05) is 26.3 Å². The van der Waals surface area contributed by atoms with Crippen LogP contribution in [0.5, 0.6) is 0 Å². The Balaban J connectivity index is 1.97. The van der Waals surface area contributed by atoms with Gasteiger partial charge in [-0.2, -0.15) is 0 Å².